The topological polar surface area (TPSA) is 40.5 Å². The summed E-state index contributed by atoms with van der Waals surface area (Å²) in [6, 6.07) is 0. The van der Waals surface area contributed by atoms with Crippen LogP contribution in [0.25, 0.3) is 0 Å². The van der Waals surface area contributed by atoms with Crippen LogP contribution in [0.15, 0.2) is 11.5 Å². The minimum atomic E-state index is -0.144. The van der Waals surface area contributed by atoms with Gasteiger partial charge in [0.1, 0.15) is 11.5 Å². The first-order valence-corrected chi connectivity index (χ1v) is 9.08. The predicted molar refractivity (Wildman–Crippen MR) is 84.0 cm³/mol. The van der Waals surface area contributed by atoms with E-state index in [-0.39, 0.29) is 11.2 Å². The van der Waals surface area contributed by atoms with E-state index in [1.807, 2.05) is 0 Å². The van der Waals surface area contributed by atoms with E-state index in [4.69, 9.17) is 0 Å². The third-order valence-corrected chi connectivity index (χ3v) is 8.20. The molecule has 21 heavy (non-hydrogen) atoms. The van der Waals surface area contributed by atoms with E-state index in [9.17, 15) is 10.2 Å². The SMILES string of the molecule is C[C@@]12CCC[C@H]1[C@@H]1CC[C@H]3CCC(O)=C(O)[C@]3(C)[C@H]1CC2. The van der Waals surface area contributed by atoms with Crippen molar-refractivity contribution in [1.82, 2.24) is 0 Å². The Morgan fingerprint density at radius 1 is 0.905 bits per heavy atom. The highest BCUT2D eigenvalue weighted by molar-refractivity contribution is 5.21. The summed E-state index contributed by atoms with van der Waals surface area (Å²) in [7, 11) is 0. The van der Waals surface area contributed by atoms with E-state index in [0.717, 1.165) is 18.3 Å². The minimum Gasteiger partial charge on any atom is -0.509 e. The Kier molecular flexibility index (Phi) is 2.94. The van der Waals surface area contributed by atoms with Crippen LogP contribution in [0.5, 0.6) is 0 Å². The van der Waals surface area contributed by atoms with Crippen molar-refractivity contribution in [2.75, 3.05) is 0 Å². The fraction of sp³-hybridized carbons (Fsp3) is 0.895. The summed E-state index contributed by atoms with van der Waals surface area (Å²) in [5.74, 6) is 3.46. The van der Waals surface area contributed by atoms with Gasteiger partial charge in [-0.3, -0.25) is 0 Å². The maximum Gasteiger partial charge on any atom is 0.136 e. The van der Waals surface area contributed by atoms with Gasteiger partial charge in [-0.1, -0.05) is 20.3 Å². The van der Waals surface area contributed by atoms with Gasteiger partial charge in [0.2, 0.25) is 0 Å². The molecule has 0 radical (unpaired) electrons. The standard InChI is InChI=1S/C19H30O2/c1-18-10-3-4-14(18)13-7-5-12-6-8-16(20)17(21)19(12,2)15(13)9-11-18/h12-15,20-21H,3-11H2,1-2H3/t12-,13-,14-,15-,18-,19-/m0/s1. The lowest BCUT2D eigenvalue weighted by Crippen LogP contribution is -2.52. The molecule has 3 fully saturated rings. The molecule has 0 aliphatic heterocycles. The first-order valence-electron chi connectivity index (χ1n) is 9.08. The third-order valence-electron chi connectivity index (χ3n) is 8.20. The molecule has 2 nitrogen and oxygen atoms in total. The lowest BCUT2D eigenvalue weighted by molar-refractivity contribution is -0.0947. The lowest BCUT2D eigenvalue weighted by atomic mass is 9.46. The van der Waals surface area contributed by atoms with Gasteiger partial charge in [-0.25, -0.2) is 0 Å². The molecule has 4 aliphatic carbocycles. The van der Waals surface area contributed by atoms with Crippen molar-refractivity contribution >= 4 is 0 Å². The summed E-state index contributed by atoms with van der Waals surface area (Å²) in [6.45, 7) is 4.78. The molecule has 3 saturated carbocycles. The molecule has 4 aliphatic rings. The summed E-state index contributed by atoms with van der Waals surface area (Å²) in [5, 5.41) is 20.8. The van der Waals surface area contributed by atoms with E-state index in [0.29, 0.717) is 29.4 Å². The van der Waals surface area contributed by atoms with Crippen LogP contribution in [0.3, 0.4) is 0 Å². The van der Waals surface area contributed by atoms with Crippen molar-refractivity contribution in [3.8, 4) is 0 Å². The summed E-state index contributed by atoms with van der Waals surface area (Å²) < 4.78 is 0. The smallest absolute Gasteiger partial charge is 0.136 e. The zero-order valence-electron chi connectivity index (χ0n) is 13.6. The zero-order valence-corrected chi connectivity index (χ0v) is 13.6. The summed E-state index contributed by atoms with van der Waals surface area (Å²) >= 11 is 0. The minimum absolute atomic E-state index is 0.144. The molecule has 0 heterocycles. The van der Waals surface area contributed by atoms with Crippen LogP contribution in [0, 0.1) is 34.5 Å². The van der Waals surface area contributed by atoms with Crippen LogP contribution in [-0.4, -0.2) is 10.2 Å². The Morgan fingerprint density at radius 2 is 1.71 bits per heavy atom. The monoisotopic (exact) mass is 290 g/mol. The average Bonchev–Trinajstić information content (AvgIpc) is 2.86. The Balaban J connectivity index is 1.73. The Labute approximate surface area is 128 Å². The molecule has 0 saturated heterocycles. The Hall–Kier alpha value is -0.660. The fourth-order valence-corrected chi connectivity index (χ4v) is 6.98. The first kappa shape index (κ1) is 14.0. The molecule has 2 N–H and O–H groups in total. The van der Waals surface area contributed by atoms with Crippen molar-refractivity contribution in [2.45, 2.75) is 71.6 Å². The van der Waals surface area contributed by atoms with Gasteiger partial charge in [-0.2, -0.15) is 0 Å². The van der Waals surface area contributed by atoms with Crippen molar-refractivity contribution in [1.29, 1.82) is 0 Å². The molecule has 0 aromatic rings. The largest absolute Gasteiger partial charge is 0.509 e. The van der Waals surface area contributed by atoms with Crippen LogP contribution < -0.4 is 0 Å². The van der Waals surface area contributed by atoms with E-state index >= 15 is 0 Å². The molecule has 0 spiro atoms. The van der Waals surface area contributed by atoms with Gasteiger partial charge >= 0.3 is 0 Å². The summed E-state index contributed by atoms with van der Waals surface area (Å²) in [6.07, 6.45) is 11.2. The van der Waals surface area contributed by atoms with Crippen molar-refractivity contribution in [2.24, 2.45) is 34.5 Å². The molecular formula is C19H30O2. The predicted octanol–water partition coefficient (Wildman–Crippen LogP) is 5.36. The maximum absolute atomic E-state index is 10.7. The van der Waals surface area contributed by atoms with Gasteiger partial charge in [0.05, 0.1) is 0 Å². The van der Waals surface area contributed by atoms with Gasteiger partial charge in [0.15, 0.2) is 0 Å². The third kappa shape index (κ3) is 1.71. The van der Waals surface area contributed by atoms with Crippen LogP contribution in [-0.2, 0) is 0 Å². The second-order valence-electron chi connectivity index (χ2n) is 8.85. The molecule has 0 unspecified atom stereocenters. The van der Waals surface area contributed by atoms with E-state index < -0.39 is 0 Å². The second-order valence-corrected chi connectivity index (χ2v) is 8.85. The van der Waals surface area contributed by atoms with E-state index in [1.165, 1.54) is 44.9 Å². The van der Waals surface area contributed by atoms with Gasteiger partial charge in [0, 0.05) is 11.8 Å². The normalized spacial score (nSPS) is 53.0. The quantitative estimate of drug-likeness (QED) is 0.630. The zero-order chi connectivity index (χ0) is 14.8. The lowest BCUT2D eigenvalue weighted by Gasteiger charge is -2.59. The van der Waals surface area contributed by atoms with E-state index in [1.54, 1.807) is 0 Å². The highest BCUT2D eigenvalue weighted by atomic mass is 16.3. The molecule has 0 bridgehead atoms. The summed E-state index contributed by atoms with van der Waals surface area (Å²) in [4.78, 5) is 0. The number of hydrogen-bond acceptors (Lipinski definition) is 2. The molecule has 0 aromatic heterocycles. The number of fused-ring (bicyclic) bond motifs is 5. The molecule has 0 amide bonds. The van der Waals surface area contributed by atoms with Crippen LogP contribution in [0.4, 0.5) is 0 Å². The molecule has 6 atom stereocenters. The maximum atomic E-state index is 10.7. The summed E-state index contributed by atoms with van der Waals surface area (Å²) in [5.41, 5.74) is 0.426. The molecular weight excluding hydrogens is 260 g/mol. The van der Waals surface area contributed by atoms with Crippen LogP contribution >= 0.6 is 0 Å². The number of aliphatic hydroxyl groups is 2. The van der Waals surface area contributed by atoms with Crippen molar-refractivity contribution in [3.05, 3.63) is 11.5 Å². The van der Waals surface area contributed by atoms with Crippen molar-refractivity contribution in [3.63, 3.8) is 0 Å². The van der Waals surface area contributed by atoms with Crippen molar-refractivity contribution < 1.29 is 10.2 Å². The van der Waals surface area contributed by atoms with Gasteiger partial charge in [-0.15, -0.1) is 0 Å². The van der Waals surface area contributed by atoms with Crippen LogP contribution in [0.1, 0.15) is 71.6 Å². The van der Waals surface area contributed by atoms with Gasteiger partial charge in [-0.05, 0) is 74.0 Å². The second kappa shape index (κ2) is 4.43. The first-order chi connectivity index (χ1) is 9.97. The Bertz CT molecular complexity index is 482. The number of rotatable bonds is 0. The molecule has 118 valence electrons. The Morgan fingerprint density at radius 3 is 2.52 bits per heavy atom. The molecule has 4 rings (SSSR count). The number of hydrogen-bond donors (Lipinski definition) is 2. The fourth-order valence-electron chi connectivity index (χ4n) is 6.98. The number of aliphatic hydroxyl groups excluding tert-OH is 2. The molecule has 2 heteroatoms. The molecule has 0 aromatic carbocycles. The van der Waals surface area contributed by atoms with Gasteiger partial charge < -0.3 is 10.2 Å². The van der Waals surface area contributed by atoms with Crippen LogP contribution in [0.2, 0.25) is 0 Å². The average molecular weight is 290 g/mol. The van der Waals surface area contributed by atoms with Gasteiger partial charge in [0.25, 0.3) is 0 Å². The highest BCUT2D eigenvalue weighted by Crippen LogP contribution is 2.66. The highest BCUT2D eigenvalue weighted by Gasteiger charge is 2.59. The van der Waals surface area contributed by atoms with E-state index in [2.05, 4.69) is 13.8 Å². The number of allylic oxidation sites excluding steroid dienone is 2.